The molecule has 0 saturated carbocycles. The maximum Gasteiger partial charge on any atom is 0.272 e. The molecule has 0 unspecified atom stereocenters. The highest BCUT2D eigenvalue weighted by Crippen LogP contribution is 2.27. The minimum Gasteiger partial charge on any atom is -0.493 e. The van der Waals surface area contributed by atoms with Crippen LogP contribution in [0.4, 0.5) is 10.2 Å². The molecule has 0 saturated heterocycles. The summed E-state index contributed by atoms with van der Waals surface area (Å²) in [6.07, 6.45) is 0. The lowest BCUT2D eigenvalue weighted by molar-refractivity contribution is 0.0944. The number of halogens is 1. The molecule has 0 atom stereocenters. The fraction of sp³-hybridized carbons (Fsp3) is 0.190. The van der Waals surface area contributed by atoms with Crippen molar-refractivity contribution in [2.75, 3.05) is 19.5 Å². The number of aromatic nitrogens is 2. The minimum absolute atomic E-state index is 0.0759. The molecule has 1 heterocycles. The minimum atomic E-state index is -0.424. The first kappa shape index (κ1) is 20.1. The van der Waals surface area contributed by atoms with Gasteiger partial charge in [0.25, 0.3) is 5.91 Å². The van der Waals surface area contributed by atoms with Gasteiger partial charge in [-0.15, -0.1) is 10.2 Å². The van der Waals surface area contributed by atoms with Gasteiger partial charge in [0, 0.05) is 18.7 Å². The van der Waals surface area contributed by atoms with Crippen molar-refractivity contribution in [1.29, 1.82) is 0 Å². The van der Waals surface area contributed by atoms with Crippen molar-refractivity contribution in [3.8, 4) is 11.5 Å². The van der Waals surface area contributed by atoms with Crippen molar-refractivity contribution in [2.45, 2.75) is 13.1 Å². The van der Waals surface area contributed by atoms with Gasteiger partial charge in [-0.05, 0) is 35.9 Å². The molecule has 2 N–H and O–H groups in total. The Balaban J connectivity index is 1.56. The van der Waals surface area contributed by atoms with Crippen LogP contribution < -0.4 is 20.1 Å². The second-order valence-corrected chi connectivity index (χ2v) is 6.12. The Hall–Kier alpha value is -3.68. The third-order valence-corrected chi connectivity index (χ3v) is 4.22. The largest absolute Gasteiger partial charge is 0.493 e. The molecule has 0 aliphatic rings. The summed E-state index contributed by atoms with van der Waals surface area (Å²) >= 11 is 0. The molecule has 29 heavy (non-hydrogen) atoms. The molecule has 1 aromatic heterocycles. The first-order chi connectivity index (χ1) is 14.1. The molecule has 0 aliphatic carbocycles. The number of hydrogen-bond donors (Lipinski definition) is 2. The van der Waals surface area contributed by atoms with Crippen molar-refractivity contribution in [1.82, 2.24) is 15.5 Å². The Morgan fingerprint density at radius 2 is 1.76 bits per heavy atom. The van der Waals surface area contributed by atoms with Crippen LogP contribution in [-0.4, -0.2) is 30.3 Å². The number of anilines is 1. The zero-order chi connectivity index (χ0) is 20.6. The summed E-state index contributed by atoms with van der Waals surface area (Å²) in [6.45, 7) is 0.570. The van der Waals surface area contributed by atoms with E-state index in [1.54, 1.807) is 44.6 Å². The summed E-state index contributed by atoms with van der Waals surface area (Å²) in [7, 11) is 3.16. The predicted molar refractivity (Wildman–Crippen MR) is 106 cm³/mol. The number of methoxy groups -OCH3 is 2. The highest BCUT2D eigenvalue weighted by Gasteiger charge is 2.10. The fourth-order valence-corrected chi connectivity index (χ4v) is 2.64. The van der Waals surface area contributed by atoms with Crippen LogP contribution in [0.1, 0.15) is 21.6 Å². The highest BCUT2D eigenvalue weighted by molar-refractivity contribution is 5.92. The van der Waals surface area contributed by atoms with Crippen molar-refractivity contribution in [2.24, 2.45) is 0 Å². The summed E-state index contributed by atoms with van der Waals surface area (Å²) < 4.78 is 24.1. The van der Waals surface area contributed by atoms with Crippen LogP contribution in [0.25, 0.3) is 0 Å². The number of ether oxygens (including phenoxy) is 2. The SMILES string of the molecule is COc1ccc(CNc2ccc(C(=O)NCc3ccccc3F)nn2)cc1OC. The van der Waals surface area contributed by atoms with Gasteiger partial charge in [-0.1, -0.05) is 24.3 Å². The molecule has 150 valence electrons. The molecule has 0 aliphatic heterocycles. The van der Waals surface area contributed by atoms with Crippen LogP contribution in [0.5, 0.6) is 11.5 Å². The lowest BCUT2D eigenvalue weighted by Gasteiger charge is -2.10. The van der Waals surface area contributed by atoms with Crippen molar-refractivity contribution < 1.29 is 18.7 Å². The normalized spacial score (nSPS) is 10.3. The third kappa shape index (κ3) is 5.19. The summed E-state index contributed by atoms with van der Waals surface area (Å²) in [5, 5.41) is 13.7. The van der Waals surface area contributed by atoms with Gasteiger partial charge in [-0.3, -0.25) is 4.79 Å². The van der Waals surface area contributed by atoms with Crippen molar-refractivity contribution in [3.05, 3.63) is 77.2 Å². The van der Waals surface area contributed by atoms with E-state index in [0.29, 0.717) is 29.4 Å². The van der Waals surface area contributed by atoms with E-state index >= 15 is 0 Å². The summed E-state index contributed by atoms with van der Waals surface area (Å²) in [5.74, 6) is 1.02. The molecular weight excluding hydrogens is 375 g/mol. The molecule has 7 nitrogen and oxygen atoms in total. The lowest BCUT2D eigenvalue weighted by atomic mass is 10.2. The van der Waals surface area contributed by atoms with E-state index in [1.165, 1.54) is 6.07 Å². The van der Waals surface area contributed by atoms with E-state index in [9.17, 15) is 9.18 Å². The van der Waals surface area contributed by atoms with Crippen molar-refractivity contribution in [3.63, 3.8) is 0 Å². The molecule has 3 aromatic rings. The van der Waals surface area contributed by atoms with Crippen LogP contribution in [0.3, 0.4) is 0 Å². The number of amides is 1. The van der Waals surface area contributed by atoms with Gasteiger partial charge in [0.1, 0.15) is 11.6 Å². The first-order valence-corrected chi connectivity index (χ1v) is 8.91. The van der Waals surface area contributed by atoms with Crippen LogP contribution in [-0.2, 0) is 13.1 Å². The Labute approximate surface area is 167 Å². The Kier molecular flexibility index (Phi) is 6.57. The van der Waals surface area contributed by atoms with Crippen molar-refractivity contribution >= 4 is 11.7 Å². The zero-order valence-corrected chi connectivity index (χ0v) is 16.1. The van der Waals surface area contributed by atoms with Crippen LogP contribution in [0.2, 0.25) is 0 Å². The summed E-state index contributed by atoms with van der Waals surface area (Å²) in [4.78, 5) is 12.2. The van der Waals surface area contributed by atoms with E-state index in [4.69, 9.17) is 9.47 Å². The van der Waals surface area contributed by atoms with Gasteiger partial charge >= 0.3 is 0 Å². The van der Waals surface area contributed by atoms with Crippen LogP contribution in [0, 0.1) is 5.82 Å². The van der Waals surface area contributed by atoms with Gasteiger partial charge in [0.05, 0.1) is 14.2 Å². The molecule has 3 rings (SSSR count). The molecule has 8 heteroatoms. The maximum absolute atomic E-state index is 13.6. The average Bonchev–Trinajstić information content (AvgIpc) is 2.77. The number of hydrogen-bond acceptors (Lipinski definition) is 6. The molecule has 0 radical (unpaired) electrons. The number of benzene rings is 2. The Morgan fingerprint density at radius 1 is 0.966 bits per heavy atom. The molecule has 0 spiro atoms. The Morgan fingerprint density at radius 3 is 2.45 bits per heavy atom. The maximum atomic E-state index is 13.6. The summed E-state index contributed by atoms with van der Waals surface area (Å²) in [5.41, 5.74) is 1.52. The second-order valence-electron chi connectivity index (χ2n) is 6.12. The number of carbonyl (C=O) groups excluding carboxylic acids is 1. The van der Waals surface area contributed by atoms with Crippen LogP contribution in [0.15, 0.2) is 54.6 Å². The molecular formula is C21H21FN4O3. The number of rotatable bonds is 8. The number of carbonyl (C=O) groups is 1. The number of nitrogens with one attached hydrogen (secondary N) is 2. The smallest absolute Gasteiger partial charge is 0.272 e. The van der Waals surface area contributed by atoms with Crippen LogP contribution >= 0.6 is 0 Å². The Bertz CT molecular complexity index is 980. The van der Waals surface area contributed by atoms with Gasteiger partial charge in [-0.2, -0.15) is 0 Å². The fourth-order valence-electron chi connectivity index (χ4n) is 2.64. The van der Waals surface area contributed by atoms with E-state index in [1.807, 2.05) is 18.2 Å². The molecule has 2 aromatic carbocycles. The zero-order valence-electron chi connectivity index (χ0n) is 16.1. The molecule has 0 fully saturated rings. The second kappa shape index (κ2) is 9.50. The van der Waals surface area contributed by atoms with Gasteiger partial charge in [-0.25, -0.2) is 4.39 Å². The van der Waals surface area contributed by atoms with E-state index in [-0.39, 0.29) is 18.1 Å². The topological polar surface area (TPSA) is 85.4 Å². The van der Waals surface area contributed by atoms with Gasteiger partial charge in [0.2, 0.25) is 0 Å². The average molecular weight is 396 g/mol. The van der Waals surface area contributed by atoms with E-state index in [0.717, 1.165) is 5.56 Å². The first-order valence-electron chi connectivity index (χ1n) is 8.91. The number of nitrogens with zero attached hydrogens (tertiary/aromatic N) is 2. The lowest BCUT2D eigenvalue weighted by Crippen LogP contribution is -2.24. The molecule has 1 amide bonds. The monoisotopic (exact) mass is 396 g/mol. The standard InChI is InChI=1S/C21H21FN4O3/c1-28-18-9-7-14(11-19(18)29-2)12-23-20-10-8-17(25-26-20)21(27)24-13-15-5-3-4-6-16(15)22/h3-11H,12-13H2,1-2H3,(H,23,26)(H,24,27). The summed E-state index contributed by atoms with van der Waals surface area (Å²) in [6, 6.07) is 15.1. The molecule has 0 bridgehead atoms. The van der Waals surface area contributed by atoms with E-state index < -0.39 is 5.91 Å². The third-order valence-electron chi connectivity index (χ3n) is 4.22. The quantitative estimate of drug-likeness (QED) is 0.608. The van der Waals surface area contributed by atoms with E-state index in [2.05, 4.69) is 20.8 Å². The van der Waals surface area contributed by atoms with Gasteiger partial charge in [0.15, 0.2) is 17.2 Å². The highest BCUT2D eigenvalue weighted by atomic mass is 19.1. The van der Waals surface area contributed by atoms with Gasteiger partial charge < -0.3 is 20.1 Å². The predicted octanol–water partition coefficient (Wildman–Crippen LogP) is 3.18.